The van der Waals surface area contributed by atoms with Gasteiger partial charge in [-0.15, -0.1) is 0 Å². The molecule has 1 N–H and O–H groups in total. The van der Waals surface area contributed by atoms with E-state index >= 15 is 0 Å². The number of ether oxygens (including phenoxy) is 1. The first-order valence-corrected chi connectivity index (χ1v) is 8.52. The molecule has 1 aromatic carbocycles. The van der Waals surface area contributed by atoms with Crippen LogP contribution in [-0.4, -0.2) is 46.6 Å². The zero-order chi connectivity index (χ0) is 18.7. The first-order chi connectivity index (χ1) is 12.5. The molecule has 0 saturated carbocycles. The predicted molar refractivity (Wildman–Crippen MR) is 93.1 cm³/mol. The van der Waals surface area contributed by atoms with Crippen molar-refractivity contribution < 1.29 is 18.8 Å². The molecule has 0 spiro atoms. The minimum Gasteiger partial charge on any atom is -0.497 e. The largest absolute Gasteiger partial charge is 0.497 e. The van der Waals surface area contributed by atoms with Crippen LogP contribution in [-0.2, 0) is 16.1 Å². The highest BCUT2D eigenvalue weighted by atomic mass is 16.5. The highest BCUT2D eigenvalue weighted by Crippen LogP contribution is 2.22. The lowest BCUT2D eigenvalue weighted by Crippen LogP contribution is -2.35. The van der Waals surface area contributed by atoms with Crippen LogP contribution in [0.4, 0.5) is 0 Å². The van der Waals surface area contributed by atoms with E-state index in [0.717, 1.165) is 11.3 Å². The molecule has 3 rings (SSSR count). The average Bonchev–Trinajstić information content (AvgIpc) is 3.26. The van der Waals surface area contributed by atoms with Crippen molar-refractivity contribution in [3.05, 3.63) is 30.1 Å². The Morgan fingerprint density at radius 3 is 2.73 bits per heavy atom. The Kier molecular flexibility index (Phi) is 5.20. The van der Waals surface area contributed by atoms with Crippen LogP contribution in [0.3, 0.4) is 0 Å². The van der Waals surface area contributed by atoms with Gasteiger partial charge in [-0.2, -0.15) is 4.98 Å². The molecule has 26 heavy (non-hydrogen) atoms. The third-order valence-corrected chi connectivity index (χ3v) is 4.38. The lowest BCUT2D eigenvalue weighted by atomic mass is 10.1. The van der Waals surface area contributed by atoms with Crippen molar-refractivity contribution in [1.29, 1.82) is 0 Å². The number of likely N-dealkylation sites (tertiary alicyclic amines) is 1. The molecule has 8 nitrogen and oxygen atoms in total. The van der Waals surface area contributed by atoms with Crippen LogP contribution in [0.15, 0.2) is 28.8 Å². The van der Waals surface area contributed by atoms with E-state index in [1.807, 2.05) is 26.0 Å². The summed E-state index contributed by atoms with van der Waals surface area (Å²) in [7, 11) is 1.60. The number of methoxy groups -OCH3 is 1. The Hall–Kier alpha value is -2.90. The number of amides is 2. The Labute approximate surface area is 151 Å². The fourth-order valence-corrected chi connectivity index (χ4v) is 2.89. The number of aromatic nitrogens is 2. The van der Waals surface area contributed by atoms with Gasteiger partial charge in [0.15, 0.2) is 5.82 Å². The topological polar surface area (TPSA) is 97.6 Å². The number of benzene rings is 1. The van der Waals surface area contributed by atoms with Gasteiger partial charge in [-0.1, -0.05) is 5.16 Å². The van der Waals surface area contributed by atoms with E-state index in [1.165, 1.54) is 0 Å². The van der Waals surface area contributed by atoms with Gasteiger partial charge in [0.1, 0.15) is 5.75 Å². The molecule has 1 aliphatic heterocycles. The van der Waals surface area contributed by atoms with Crippen molar-refractivity contribution in [2.24, 2.45) is 5.92 Å². The summed E-state index contributed by atoms with van der Waals surface area (Å²) in [6.45, 7) is 4.49. The summed E-state index contributed by atoms with van der Waals surface area (Å²) >= 11 is 0. The number of hydrogen-bond acceptors (Lipinski definition) is 6. The van der Waals surface area contributed by atoms with E-state index in [1.54, 1.807) is 24.1 Å². The highest BCUT2D eigenvalue weighted by molar-refractivity contribution is 5.89. The molecule has 2 amide bonds. The van der Waals surface area contributed by atoms with Crippen LogP contribution in [0.5, 0.6) is 5.75 Å². The molecule has 2 aromatic rings. The van der Waals surface area contributed by atoms with Gasteiger partial charge in [-0.3, -0.25) is 9.59 Å². The van der Waals surface area contributed by atoms with Crippen molar-refractivity contribution in [1.82, 2.24) is 20.4 Å². The van der Waals surface area contributed by atoms with Gasteiger partial charge in [0.2, 0.25) is 11.8 Å². The van der Waals surface area contributed by atoms with Gasteiger partial charge in [-0.25, -0.2) is 0 Å². The van der Waals surface area contributed by atoms with Gasteiger partial charge in [0, 0.05) is 24.6 Å². The van der Waals surface area contributed by atoms with E-state index < -0.39 is 0 Å². The third kappa shape index (κ3) is 3.84. The zero-order valence-electron chi connectivity index (χ0n) is 15.1. The molecule has 1 aliphatic rings. The zero-order valence-corrected chi connectivity index (χ0v) is 15.1. The van der Waals surface area contributed by atoms with Gasteiger partial charge in [0.05, 0.1) is 19.6 Å². The summed E-state index contributed by atoms with van der Waals surface area (Å²) in [6.07, 6.45) is 0.243. The summed E-state index contributed by atoms with van der Waals surface area (Å²) in [4.78, 5) is 30.2. The lowest BCUT2D eigenvalue weighted by molar-refractivity contribution is -0.130. The Morgan fingerprint density at radius 2 is 2.12 bits per heavy atom. The van der Waals surface area contributed by atoms with Crippen LogP contribution >= 0.6 is 0 Å². The molecule has 8 heteroatoms. The number of carbonyl (C=O) groups is 2. The molecule has 1 atom stereocenters. The van der Waals surface area contributed by atoms with Crippen LogP contribution < -0.4 is 10.1 Å². The third-order valence-electron chi connectivity index (χ3n) is 4.38. The fraction of sp³-hybridized carbons (Fsp3) is 0.444. The second-order valence-corrected chi connectivity index (χ2v) is 6.50. The SMILES string of the molecule is COc1ccc(-c2nc(CNC(=O)C3CC(=O)N(C(C)C)C3)no2)cc1. The van der Waals surface area contributed by atoms with Crippen molar-refractivity contribution in [2.45, 2.75) is 32.9 Å². The number of rotatable bonds is 6. The highest BCUT2D eigenvalue weighted by Gasteiger charge is 2.35. The minimum absolute atomic E-state index is 0.0153. The second kappa shape index (κ2) is 7.55. The van der Waals surface area contributed by atoms with Crippen molar-refractivity contribution in [3.8, 4) is 17.2 Å². The molecule has 1 aromatic heterocycles. The number of carbonyl (C=O) groups excluding carboxylic acids is 2. The second-order valence-electron chi connectivity index (χ2n) is 6.50. The Morgan fingerprint density at radius 1 is 1.38 bits per heavy atom. The molecule has 0 bridgehead atoms. The first kappa shape index (κ1) is 17.9. The summed E-state index contributed by atoms with van der Waals surface area (Å²) in [5.41, 5.74) is 0.768. The molecule has 2 heterocycles. The van der Waals surface area contributed by atoms with Crippen molar-refractivity contribution >= 4 is 11.8 Å². The maximum atomic E-state index is 12.3. The van der Waals surface area contributed by atoms with E-state index in [4.69, 9.17) is 9.26 Å². The van der Waals surface area contributed by atoms with Gasteiger partial charge in [-0.05, 0) is 38.1 Å². The van der Waals surface area contributed by atoms with Gasteiger partial charge < -0.3 is 19.5 Å². The smallest absolute Gasteiger partial charge is 0.257 e. The van der Waals surface area contributed by atoms with Crippen molar-refractivity contribution in [2.75, 3.05) is 13.7 Å². The number of nitrogens with one attached hydrogen (secondary N) is 1. The van der Waals surface area contributed by atoms with Gasteiger partial charge in [0.25, 0.3) is 5.89 Å². The number of nitrogens with zero attached hydrogens (tertiary/aromatic N) is 3. The summed E-state index contributed by atoms with van der Waals surface area (Å²) in [6, 6.07) is 7.35. The van der Waals surface area contributed by atoms with E-state index in [2.05, 4.69) is 15.5 Å². The summed E-state index contributed by atoms with van der Waals surface area (Å²) in [5, 5.41) is 6.66. The molecule has 1 unspecified atom stereocenters. The van der Waals surface area contributed by atoms with E-state index in [0.29, 0.717) is 18.3 Å². The first-order valence-electron chi connectivity index (χ1n) is 8.52. The lowest BCUT2D eigenvalue weighted by Gasteiger charge is -2.20. The van der Waals surface area contributed by atoms with Crippen LogP contribution in [0, 0.1) is 5.92 Å². The van der Waals surface area contributed by atoms with E-state index in [9.17, 15) is 9.59 Å². The van der Waals surface area contributed by atoms with Gasteiger partial charge >= 0.3 is 0 Å². The average molecular weight is 358 g/mol. The van der Waals surface area contributed by atoms with Crippen LogP contribution in [0.2, 0.25) is 0 Å². The summed E-state index contributed by atoms with van der Waals surface area (Å²) < 4.78 is 10.3. The minimum atomic E-state index is -0.335. The molecular formula is C18H22N4O4. The molecule has 0 aliphatic carbocycles. The fourth-order valence-electron chi connectivity index (χ4n) is 2.89. The van der Waals surface area contributed by atoms with Crippen LogP contribution in [0.25, 0.3) is 11.5 Å². The molecule has 138 valence electrons. The Balaban J connectivity index is 1.56. The quantitative estimate of drug-likeness (QED) is 0.843. The summed E-state index contributed by atoms with van der Waals surface area (Å²) in [5.74, 6) is 1.01. The predicted octanol–water partition coefficient (Wildman–Crippen LogP) is 1.62. The molecule has 0 radical (unpaired) electrons. The van der Waals surface area contributed by atoms with Crippen LogP contribution in [0.1, 0.15) is 26.1 Å². The molecule has 1 saturated heterocycles. The standard InChI is InChI=1S/C18H22N4O4/c1-11(2)22-10-13(8-16(22)23)17(24)19-9-15-20-18(26-21-15)12-4-6-14(25-3)7-5-12/h4-7,11,13H,8-10H2,1-3H3,(H,19,24). The molecular weight excluding hydrogens is 336 g/mol. The maximum absolute atomic E-state index is 12.3. The maximum Gasteiger partial charge on any atom is 0.257 e. The molecule has 1 fully saturated rings. The van der Waals surface area contributed by atoms with Crippen molar-refractivity contribution in [3.63, 3.8) is 0 Å². The number of hydrogen-bond donors (Lipinski definition) is 1. The van der Waals surface area contributed by atoms with E-state index in [-0.39, 0.29) is 36.7 Å². The monoisotopic (exact) mass is 358 g/mol. The Bertz CT molecular complexity index is 785. The normalized spacial score (nSPS) is 17.0.